The number of carboxylic acids is 1. The van der Waals surface area contributed by atoms with Crippen LogP contribution in [0, 0.1) is 5.92 Å². The number of carbonyl (C=O) groups is 3. The Bertz CT molecular complexity index is 716. The monoisotopic (exact) mass is 424 g/mol. The van der Waals surface area contributed by atoms with Crippen LogP contribution in [0.5, 0.6) is 0 Å². The lowest BCUT2D eigenvalue weighted by molar-refractivity contribution is -0.142. The van der Waals surface area contributed by atoms with Gasteiger partial charge in [-0.15, -0.1) is 0 Å². The SMILES string of the molecule is CC(C)CC(NC(=O)C(Cc1cnc[nH]1)NC(=O)C(N)CCCN=C(N)N)C(=O)O. The molecular formula is C18H32N8O4. The standard InChI is InChI=1S/C18H32N8O4/c1-10(2)6-14(17(29)30)26-16(28)13(7-11-8-22-9-24-11)25-15(27)12(19)4-3-5-23-18(20)21/h8-10,12-14H,3-7,19H2,1-2H3,(H,22,24)(H,25,27)(H,26,28)(H,29,30)(H4,20,21,23). The number of hydrogen-bond donors (Lipinski definition) is 7. The van der Waals surface area contributed by atoms with E-state index < -0.39 is 35.9 Å². The van der Waals surface area contributed by atoms with Gasteiger partial charge in [0.25, 0.3) is 0 Å². The third-order valence-electron chi connectivity index (χ3n) is 4.24. The lowest BCUT2D eigenvalue weighted by Crippen LogP contribution is -2.55. The van der Waals surface area contributed by atoms with Crippen LogP contribution in [0.25, 0.3) is 0 Å². The molecule has 0 bridgehead atoms. The van der Waals surface area contributed by atoms with E-state index in [4.69, 9.17) is 17.2 Å². The maximum Gasteiger partial charge on any atom is 0.326 e. The second-order valence-electron chi connectivity index (χ2n) is 7.43. The van der Waals surface area contributed by atoms with E-state index in [1.165, 1.54) is 12.5 Å². The van der Waals surface area contributed by atoms with E-state index in [0.29, 0.717) is 25.1 Å². The van der Waals surface area contributed by atoms with Gasteiger partial charge >= 0.3 is 5.97 Å². The number of carboxylic acid groups (broad SMARTS) is 1. The highest BCUT2D eigenvalue weighted by Crippen LogP contribution is 2.07. The van der Waals surface area contributed by atoms with Gasteiger partial charge in [-0.1, -0.05) is 13.8 Å². The Morgan fingerprint density at radius 3 is 2.40 bits per heavy atom. The van der Waals surface area contributed by atoms with Crippen LogP contribution < -0.4 is 27.8 Å². The summed E-state index contributed by atoms with van der Waals surface area (Å²) >= 11 is 0. The number of rotatable bonds is 13. The van der Waals surface area contributed by atoms with Crippen LogP contribution in [-0.2, 0) is 20.8 Å². The molecule has 1 aromatic heterocycles. The van der Waals surface area contributed by atoms with Gasteiger partial charge in [0.1, 0.15) is 12.1 Å². The van der Waals surface area contributed by atoms with Crippen LogP contribution in [-0.4, -0.2) is 63.5 Å². The molecule has 0 aromatic carbocycles. The van der Waals surface area contributed by atoms with Gasteiger partial charge in [-0.25, -0.2) is 9.78 Å². The fourth-order valence-electron chi connectivity index (χ4n) is 2.72. The van der Waals surface area contributed by atoms with Gasteiger partial charge in [-0.3, -0.25) is 14.6 Å². The number of nitrogens with two attached hydrogens (primary N) is 3. The third kappa shape index (κ3) is 9.37. The lowest BCUT2D eigenvalue weighted by atomic mass is 10.0. The van der Waals surface area contributed by atoms with Crippen molar-refractivity contribution in [2.45, 2.75) is 57.7 Å². The molecule has 0 radical (unpaired) electrons. The average Bonchev–Trinajstić information content (AvgIpc) is 3.16. The molecule has 0 spiro atoms. The summed E-state index contributed by atoms with van der Waals surface area (Å²) in [5.41, 5.74) is 17.0. The molecule has 0 fully saturated rings. The summed E-state index contributed by atoms with van der Waals surface area (Å²) in [4.78, 5) is 47.3. The van der Waals surface area contributed by atoms with Crippen LogP contribution in [0.3, 0.4) is 0 Å². The zero-order valence-electron chi connectivity index (χ0n) is 17.3. The number of aromatic nitrogens is 2. The van der Waals surface area contributed by atoms with Crippen molar-refractivity contribution in [2.75, 3.05) is 6.54 Å². The smallest absolute Gasteiger partial charge is 0.326 e. The average molecular weight is 425 g/mol. The summed E-state index contributed by atoms with van der Waals surface area (Å²) in [6.07, 6.45) is 4.12. The summed E-state index contributed by atoms with van der Waals surface area (Å²) in [5.74, 6) is -2.27. The quantitative estimate of drug-likeness (QED) is 0.111. The van der Waals surface area contributed by atoms with E-state index in [1.807, 2.05) is 13.8 Å². The van der Waals surface area contributed by atoms with Gasteiger partial charge < -0.3 is 37.9 Å². The number of nitrogens with zero attached hydrogens (tertiary/aromatic N) is 2. The number of aliphatic carboxylic acids is 1. The van der Waals surface area contributed by atoms with Gasteiger partial charge in [0, 0.05) is 24.9 Å². The second-order valence-corrected chi connectivity index (χ2v) is 7.43. The molecule has 0 saturated carbocycles. The molecule has 0 saturated heterocycles. The Morgan fingerprint density at radius 1 is 1.20 bits per heavy atom. The maximum atomic E-state index is 12.7. The molecule has 168 valence electrons. The Morgan fingerprint density at radius 2 is 1.87 bits per heavy atom. The minimum Gasteiger partial charge on any atom is -0.480 e. The van der Waals surface area contributed by atoms with Crippen molar-refractivity contribution in [2.24, 2.45) is 28.1 Å². The van der Waals surface area contributed by atoms with Crippen LogP contribution in [0.1, 0.15) is 38.8 Å². The summed E-state index contributed by atoms with van der Waals surface area (Å²) in [5, 5.41) is 14.5. The fraction of sp³-hybridized carbons (Fsp3) is 0.611. The van der Waals surface area contributed by atoms with Gasteiger partial charge in [0.15, 0.2) is 5.96 Å². The Labute approximate surface area is 175 Å². The molecule has 0 aliphatic heterocycles. The first-order valence-electron chi connectivity index (χ1n) is 9.71. The van der Waals surface area contributed by atoms with Crippen molar-refractivity contribution in [3.05, 3.63) is 18.2 Å². The number of H-pyrrole nitrogens is 1. The second kappa shape index (κ2) is 12.4. The number of guanidine groups is 1. The molecular weight excluding hydrogens is 392 g/mol. The van der Waals surface area contributed by atoms with Crippen LogP contribution in [0.4, 0.5) is 0 Å². The Kier molecular flexibility index (Phi) is 10.3. The van der Waals surface area contributed by atoms with Crippen molar-refractivity contribution in [3.8, 4) is 0 Å². The molecule has 1 aromatic rings. The van der Waals surface area contributed by atoms with Crippen LogP contribution in [0.15, 0.2) is 17.5 Å². The van der Waals surface area contributed by atoms with Crippen molar-refractivity contribution in [1.82, 2.24) is 20.6 Å². The summed E-state index contributed by atoms with van der Waals surface area (Å²) in [6.45, 7) is 4.04. The predicted molar refractivity (Wildman–Crippen MR) is 111 cm³/mol. The van der Waals surface area contributed by atoms with E-state index >= 15 is 0 Å². The van der Waals surface area contributed by atoms with Gasteiger partial charge in [-0.2, -0.15) is 0 Å². The number of aromatic amines is 1. The number of nitrogens with one attached hydrogen (secondary N) is 3. The molecule has 12 nitrogen and oxygen atoms in total. The molecule has 3 unspecified atom stereocenters. The van der Waals surface area contributed by atoms with E-state index in [0.717, 1.165) is 0 Å². The van der Waals surface area contributed by atoms with Gasteiger partial charge in [-0.05, 0) is 25.2 Å². The van der Waals surface area contributed by atoms with Crippen molar-refractivity contribution in [3.63, 3.8) is 0 Å². The predicted octanol–water partition coefficient (Wildman–Crippen LogP) is -1.57. The molecule has 0 aliphatic carbocycles. The molecule has 10 N–H and O–H groups in total. The van der Waals surface area contributed by atoms with Crippen molar-refractivity contribution in [1.29, 1.82) is 0 Å². The highest BCUT2D eigenvalue weighted by atomic mass is 16.4. The Hall–Kier alpha value is -3.15. The molecule has 12 heteroatoms. The number of hydrogen-bond acceptors (Lipinski definition) is 6. The van der Waals surface area contributed by atoms with E-state index in [-0.39, 0.29) is 24.7 Å². The Balaban J connectivity index is 2.79. The van der Waals surface area contributed by atoms with Gasteiger partial charge in [0.2, 0.25) is 11.8 Å². The molecule has 3 atom stereocenters. The largest absolute Gasteiger partial charge is 0.480 e. The third-order valence-corrected chi connectivity index (χ3v) is 4.24. The number of imidazole rings is 1. The number of amides is 2. The first kappa shape index (κ1) is 24.9. The van der Waals surface area contributed by atoms with Gasteiger partial charge in [0.05, 0.1) is 12.4 Å². The first-order valence-corrected chi connectivity index (χ1v) is 9.71. The van der Waals surface area contributed by atoms with E-state index in [9.17, 15) is 19.5 Å². The van der Waals surface area contributed by atoms with Crippen molar-refractivity contribution < 1.29 is 19.5 Å². The van der Waals surface area contributed by atoms with Crippen molar-refractivity contribution >= 4 is 23.7 Å². The summed E-state index contributed by atoms with van der Waals surface area (Å²) in [6, 6.07) is -2.95. The topological polar surface area (TPSA) is 215 Å². The molecule has 2 amide bonds. The van der Waals surface area contributed by atoms with E-state index in [1.54, 1.807) is 0 Å². The highest BCUT2D eigenvalue weighted by Gasteiger charge is 2.28. The first-order chi connectivity index (χ1) is 14.1. The van der Waals surface area contributed by atoms with Crippen LogP contribution >= 0.6 is 0 Å². The van der Waals surface area contributed by atoms with Crippen LogP contribution in [0.2, 0.25) is 0 Å². The molecule has 0 aliphatic rings. The normalized spacial score (nSPS) is 13.9. The summed E-state index contributed by atoms with van der Waals surface area (Å²) < 4.78 is 0. The highest BCUT2D eigenvalue weighted by molar-refractivity contribution is 5.91. The van der Waals surface area contributed by atoms with E-state index in [2.05, 4.69) is 25.6 Å². The lowest BCUT2D eigenvalue weighted by Gasteiger charge is -2.23. The zero-order chi connectivity index (χ0) is 22.7. The number of aliphatic imine (C=N–C) groups is 1. The molecule has 1 heterocycles. The minimum atomic E-state index is -1.14. The summed E-state index contributed by atoms with van der Waals surface area (Å²) in [7, 11) is 0. The molecule has 30 heavy (non-hydrogen) atoms. The fourth-order valence-corrected chi connectivity index (χ4v) is 2.72. The molecule has 1 rings (SSSR count). The minimum absolute atomic E-state index is 0.0429. The zero-order valence-corrected chi connectivity index (χ0v) is 17.3. The maximum absolute atomic E-state index is 12.7. The number of carbonyl (C=O) groups excluding carboxylic acids is 2.